The van der Waals surface area contributed by atoms with Crippen molar-refractivity contribution in [1.29, 1.82) is 0 Å². The first kappa shape index (κ1) is 15.9. The van der Waals surface area contributed by atoms with Gasteiger partial charge in [-0.25, -0.2) is 0 Å². The van der Waals surface area contributed by atoms with Gasteiger partial charge in [-0.2, -0.15) is 5.10 Å². The van der Waals surface area contributed by atoms with Crippen LogP contribution in [-0.4, -0.2) is 52.4 Å². The lowest BCUT2D eigenvalue weighted by atomic mass is 10.2. The van der Waals surface area contributed by atoms with Crippen molar-refractivity contribution in [3.63, 3.8) is 0 Å². The van der Waals surface area contributed by atoms with E-state index in [0.29, 0.717) is 26.2 Å². The molecule has 0 radical (unpaired) electrons. The Kier molecular flexibility index (Phi) is 5.78. The van der Waals surface area contributed by atoms with E-state index in [-0.39, 0.29) is 24.4 Å². The molecule has 2 heterocycles. The average molecular weight is 289 g/mol. The molecule has 0 aliphatic carbocycles. The minimum Gasteiger partial charge on any atom is -0.373 e. The van der Waals surface area contributed by atoms with Crippen LogP contribution in [0.25, 0.3) is 0 Å². The molecular formula is C12H21ClN4O2. The van der Waals surface area contributed by atoms with Gasteiger partial charge in [0, 0.05) is 19.3 Å². The summed E-state index contributed by atoms with van der Waals surface area (Å²) in [5.41, 5.74) is 6.74. The van der Waals surface area contributed by atoms with E-state index >= 15 is 0 Å². The summed E-state index contributed by atoms with van der Waals surface area (Å²) in [6.07, 6.45) is 3.77. The van der Waals surface area contributed by atoms with Crippen molar-refractivity contribution in [1.82, 2.24) is 14.7 Å². The van der Waals surface area contributed by atoms with Gasteiger partial charge in [0.2, 0.25) is 5.91 Å². The van der Waals surface area contributed by atoms with Gasteiger partial charge in [0.15, 0.2) is 0 Å². The van der Waals surface area contributed by atoms with E-state index in [1.54, 1.807) is 11.8 Å². The van der Waals surface area contributed by atoms with Gasteiger partial charge in [-0.15, -0.1) is 12.4 Å². The second kappa shape index (κ2) is 6.88. The maximum atomic E-state index is 11.8. The highest BCUT2D eigenvalue weighted by atomic mass is 35.5. The Bertz CT molecular complexity index is 422. The van der Waals surface area contributed by atoms with E-state index in [9.17, 15) is 4.79 Å². The molecular weight excluding hydrogens is 268 g/mol. The zero-order chi connectivity index (χ0) is 13.1. The number of aryl methyl sites for hydroxylation is 1. The molecule has 0 spiro atoms. The number of halogens is 1. The lowest BCUT2D eigenvalue weighted by Crippen LogP contribution is -2.51. The molecule has 0 saturated carbocycles. The lowest BCUT2D eigenvalue weighted by molar-refractivity contribution is -0.140. The Morgan fingerprint density at radius 2 is 2.42 bits per heavy atom. The van der Waals surface area contributed by atoms with Crippen LogP contribution in [0.2, 0.25) is 0 Å². The number of carbonyl (C=O) groups excluding carboxylic acids is 1. The molecule has 7 heteroatoms. The molecule has 1 amide bonds. The van der Waals surface area contributed by atoms with Gasteiger partial charge in [0.25, 0.3) is 0 Å². The molecule has 1 saturated heterocycles. The van der Waals surface area contributed by atoms with Crippen LogP contribution in [0.15, 0.2) is 12.4 Å². The van der Waals surface area contributed by atoms with Crippen LogP contribution in [-0.2, 0) is 16.1 Å². The molecule has 2 N–H and O–H groups in total. The van der Waals surface area contributed by atoms with Crippen LogP contribution < -0.4 is 5.73 Å². The van der Waals surface area contributed by atoms with Gasteiger partial charge in [-0.3, -0.25) is 9.48 Å². The Labute approximate surface area is 119 Å². The van der Waals surface area contributed by atoms with E-state index < -0.39 is 6.04 Å². The summed E-state index contributed by atoms with van der Waals surface area (Å²) in [4.78, 5) is 13.6. The first-order valence-electron chi connectivity index (χ1n) is 6.21. The number of aromatic nitrogens is 2. The normalized spacial score (nSPS) is 20.8. The third kappa shape index (κ3) is 4.19. The van der Waals surface area contributed by atoms with E-state index in [2.05, 4.69) is 5.10 Å². The molecule has 108 valence electrons. The van der Waals surface area contributed by atoms with E-state index in [0.717, 1.165) is 5.56 Å². The highest BCUT2D eigenvalue weighted by molar-refractivity contribution is 5.85. The number of hydrogen-bond donors (Lipinski definition) is 1. The smallest absolute Gasteiger partial charge is 0.239 e. The fourth-order valence-corrected chi connectivity index (χ4v) is 2.09. The highest BCUT2D eigenvalue weighted by Gasteiger charge is 2.26. The molecule has 2 unspecified atom stereocenters. The fraction of sp³-hybridized carbons (Fsp3) is 0.667. The molecule has 1 aliphatic heterocycles. The highest BCUT2D eigenvalue weighted by Crippen LogP contribution is 2.09. The third-order valence-corrected chi connectivity index (χ3v) is 2.99. The first-order chi connectivity index (χ1) is 8.56. The number of nitrogens with two attached hydrogens (primary N) is 1. The minimum absolute atomic E-state index is 0. The number of amides is 1. The van der Waals surface area contributed by atoms with Crippen molar-refractivity contribution in [2.24, 2.45) is 5.73 Å². The molecule has 1 aliphatic rings. The van der Waals surface area contributed by atoms with Gasteiger partial charge in [0.1, 0.15) is 0 Å². The molecule has 2 rings (SSSR count). The number of nitrogens with zero attached hydrogens (tertiary/aromatic N) is 3. The molecule has 1 aromatic rings. The van der Waals surface area contributed by atoms with E-state index in [1.165, 1.54) is 0 Å². The van der Waals surface area contributed by atoms with Crippen molar-refractivity contribution in [2.75, 3.05) is 19.7 Å². The van der Waals surface area contributed by atoms with E-state index in [1.807, 2.05) is 24.0 Å². The Morgan fingerprint density at radius 1 is 1.68 bits per heavy atom. The van der Waals surface area contributed by atoms with Gasteiger partial charge in [0.05, 0.1) is 31.5 Å². The van der Waals surface area contributed by atoms with Crippen molar-refractivity contribution >= 4 is 18.3 Å². The molecule has 19 heavy (non-hydrogen) atoms. The largest absolute Gasteiger partial charge is 0.373 e. The van der Waals surface area contributed by atoms with Crippen LogP contribution in [0.1, 0.15) is 12.5 Å². The predicted octanol–water partition coefficient (Wildman–Crippen LogP) is 0.188. The van der Waals surface area contributed by atoms with Crippen molar-refractivity contribution < 1.29 is 9.53 Å². The summed E-state index contributed by atoms with van der Waals surface area (Å²) in [7, 11) is 0. The summed E-state index contributed by atoms with van der Waals surface area (Å²) in [5.74, 6) is -0.0139. The Morgan fingerprint density at radius 3 is 3.00 bits per heavy atom. The second-order valence-corrected chi connectivity index (χ2v) is 4.81. The summed E-state index contributed by atoms with van der Waals surface area (Å²) in [6.45, 7) is 6.13. The second-order valence-electron chi connectivity index (χ2n) is 4.81. The maximum absolute atomic E-state index is 11.8. The summed E-state index contributed by atoms with van der Waals surface area (Å²) >= 11 is 0. The zero-order valence-electron chi connectivity index (χ0n) is 11.3. The van der Waals surface area contributed by atoms with Crippen LogP contribution >= 0.6 is 12.4 Å². The topological polar surface area (TPSA) is 73.4 Å². The van der Waals surface area contributed by atoms with Crippen LogP contribution in [0.4, 0.5) is 0 Å². The van der Waals surface area contributed by atoms with Crippen LogP contribution in [0, 0.1) is 6.92 Å². The van der Waals surface area contributed by atoms with Crippen molar-refractivity contribution in [3.05, 3.63) is 18.0 Å². The standard InChI is InChI=1S/C12H20N4O2.ClH/c1-9-5-14-16(6-9)8-11-7-15(3-4-18-11)12(17)10(2)13;/h5-6,10-11H,3-4,7-8,13H2,1-2H3;1H. The Balaban J connectivity index is 0.00000180. The maximum Gasteiger partial charge on any atom is 0.239 e. The molecule has 2 atom stereocenters. The lowest BCUT2D eigenvalue weighted by Gasteiger charge is -2.33. The average Bonchev–Trinajstić information content (AvgIpc) is 2.74. The fourth-order valence-electron chi connectivity index (χ4n) is 2.09. The summed E-state index contributed by atoms with van der Waals surface area (Å²) < 4.78 is 7.50. The molecule has 0 bridgehead atoms. The number of rotatable bonds is 3. The molecule has 6 nitrogen and oxygen atoms in total. The van der Waals surface area contributed by atoms with Gasteiger partial charge < -0.3 is 15.4 Å². The predicted molar refractivity (Wildman–Crippen MR) is 74.2 cm³/mol. The van der Waals surface area contributed by atoms with Gasteiger partial charge >= 0.3 is 0 Å². The number of carbonyl (C=O) groups is 1. The molecule has 1 aromatic heterocycles. The number of ether oxygens (including phenoxy) is 1. The number of morpholine rings is 1. The minimum atomic E-state index is -0.448. The van der Waals surface area contributed by atoms with E-state index in [4.69, 9.17) is 10.5 Å². The van der Waals surface area contributed by atoms with Crippen molar-refractivity contribution in [3.8, 4) is 0 Å². The Hall–Kier alpha value is -1.11. The first-order valence-corrected chi connectivity index (χ1v) is 6.21. The molecule has 0 aromatic carbocycles. The van der Waals surface area contributed by atoms with Crippen LogP contribution in [0.3, 0.4) is 0 Å². The van der Waals surface area contributed by atoms with Crippen LogP contribution in [0.5, 0.6) is 0 Å². The molecule has 1 fully saturated rings. The quantitative estimate of drug-likeness (QED) is 0.862. The SMILES string of the molecule is Cc1cnn(CC2CN(C(=O)C(C)N)CCO2)c1.Cl. The number of hydrogen-bond acceptors (Lipinski definition) is 4. The summed E-state index contributed by atoms with van der Waals surface area (Å²) in [5, 5.41) is 4.22. The third-order valence-electron chi connectivity index (χ3n) is 2.99. The van der Waals surface area contributed by atoms with Crippen molar-refractivity contribution in [2.45, 2.75) is 32.5 Å². The van der Waals surface area contributed by atoms with Gasteiger partial charge in [-0.05, 0) is 19.4 Å². The summed E-state index contributed by atoms with van der Waals surface area (Å²) in [6, 6.07) is -0.448. The zero-order valence-corrected chi connectivity index (χ0v) is 12.1. The van der Waals surface area contributed by atoms with Gasteiger partial charge in [-0.1, -0.05) is 0 Å². The monoisotopic (exact) mass is 288 g/mol.